The number of ether oxygens (including phenoxy) is 1. The minimum absolute atomic E-state index is 0.350. The molecular formula is C8H12N2O2. The highest BCUT2D eigenvalue weighted by Crippen LogP contribution is 1.97. The van der Waals surface area contributed by atoms with Gasteiger partial charge in [-0.1, -0.05) is 6.92 Å². The molecule has 0 saturated heterocycles. The van der Waals surface area contributed by atoms with Gasteiger partial charge in [0.1, 0.15) is 0 Å². The van der Waals surface area contributed by atoms with Gasteiger partial charge in [-0.3, -0.25) is 4.68 Å². The van der Waals surface area contributed by atoms with Crippen LogP contribution in [-0.2, 0) is 11.8 Å². The number of aromatic nitrogens is 2. The summed E-state index contributed by atoms with van der Waals surface area (Å²) in [6.07, 6.45) is 2.54. The fourth-order valence-electron chi connectivity index (χ4n) is 0.793. The topological polar surface area (TPSA) is 44.1 Å². The van der Waals surface area contributed by atoms with Crippen molar-refractivity contribution in [2.24, 2.45) is 7.05 Å². The van der Waals surface area contributed by atoms with Crippen LogP contribution in [0.25, 0.3) is 0 Å². The SMILES string of the molecule is CCCOC(=O)c1ccn(C)n1. The fourth-order valence-corrected chi connectivity index (χ4v) is 0.793. The fraction of sp³-hybridized carbons (Fsp3) is 0.500. The van der Waals surface area contributed by atoms with Crippen molar-refractivity contribution >= 4 is 5.97 Å². The lowest BCUT2D eigenvalue weighted by Gasteiger charge is -1.98. The first-order valence-corrected chi connectivity index (χ1v) is 3.91. The largest absolute Gasteiger partial charge is 0.461 e. The van der Waals surface area contributed by atoms with E-state index in [-0.39, 0.29) is 5.97 Å². The van der Waals surface area contributed by atoms with Crippen LogP contribution < -0.4 is 0 Å². The number of carbonyl (C=O) groups is 1. The Balaban J connectivity index is 2.53. The average Bonchev–Trinajstić information content (AvgIpc) is 2.47. The number of aryl methyl sites for hydroxylation is 1. The van der Waals surface area contributed by atoms with Crippen molar-refractivity contribution in [3.05, 3.63) is 18.0 Å². The molecule has 0 amide bonds. The molecular weight excluding hydrogens is 156 g/mol. The molecule has 66 valence electrons. The van der Waals surface area contributed by atoms with Gasteiger partial charge >= 0.3 is 5.97 Å². The lowest BCUT2D eigenvalue weighted by Crippen LogP contribution is -2.07. The number of nitrogens with zero attached hydrogens (tertiary/aromatic N) is 2. The molecule has 0 aliphatic heterocycles. The third-order valence-corrected chi connectivity index (χ3v) is 1.36. The van der Waals surface area contributed by atoms with Gasteiger partial charge in [-0.2, -0.15) is 5.10 Å². The Morgan fingerprint density at radius 1 is 1.75 bits per heavy atom. The molecule has 0 bridgehead atoms. The lowest BCUT2D eigenvalue weighted by atomic mass is 10.4. The molecule has 1 heterocycles. The molecule has 0 N–H and O–H groups in total. The van der Waals surface area contributed by atoms with Crippen LogP contribution in [0.5, 0.6) is 0 Å². The Hall–Kier alpha value is -1.32. The normalized spacial score (nSPS) is 9.83. The van der Waals surface area contributed by atoms with Crippen LogP contribution in [0, 0.1) is 0 Å². The quantitative estimate of drug-likeness (QED) is 0.632. The number of rotatable bonds is 3. The standard InChI is InChI=1S/C8H12N2O2/c1-3-6-12-8(11)7-4-5-10(2)9-7/h4-5H,3,6H2,1-2H3. The van der Waals surface area contributed by atoms with E-state index in [4.69, 9.17) is 4.74 Å². The van der Waals surface area contributed by atoms with Crippen LogP contribution in [0.3, 0.4) is 0 Å². The summed E-state index contributed by atoms with van der Waals surface area (Å²) in [6.45, 7) is 2.40. The van der Waals surface area contributed by atoms with Crippen LogP contribution in [0.2, 0.25) is 0 Å². The molecule has 4 heteroatoms. The van der Waals surface area contributed by atoms with Crippen LogP contribution in [0.4, 0.5) is 0 Å². The summed E-state index contributed by atoms with van der Waals surface area (Å²) in [5.74, 6) is -0.350. The summed E-state index contributed by atoms with van der Waals surface area (Å²) in [6, 6.07) is 1.64. The molecule has 12 heavy (non-hydrogen) atoms. The minimum atomic E-state index is -0.350. The monoisotopic (exact) mass is 168 g/mol. The Labute approximate surface area is 71.1 Å². The van der Waals surface area contributed by atoms with Gasteiger partial charge in [-0.05, 0) is 12.5 Å². The van der Waals surface area contributed by atoms with Crippen molar-refractivity contribution in [1.29, 1.82) is 0 Å². The minimum Gasteiger partial charge on any atom is -0.461 e. The van der Waals surface area contributed by atoms with E-state index in [2.05, 4.69) is 5.10 Å². The van der Waals surface area contributed by atoms with Crippen molar-refractivity contribution in [3.8, 4) is 0 Å². The van der Waals surface area contributed by atoms with Crippen molar-refractivity contribution < 1.29 is 9.53 Å². The van der Waals surface area contributed by atoms with Crippen LogP contribution >= 0.6 is 0 Å². The van der Waals surface area contributed by atoms with E-state index in [1.807, 2.05) is 6.92 Å². The highest BCUT2D eigenvalue weighted by Gasteiger charge is 2.08. The third-order valence-electron chi connectivity index (χ3n) is 1.36. The summed E-state index contributed by atoms with van der Waals surface area (Å²) >= 11 is 0. The van der Waals surface area contributed by atoms with Gasteiger partial charge in [0.05, 0.1) is 6.61 Å². The molecule has 1 aromatic heterocycles. The first-order valence-electron chi connectivity index (χ1n) is 3.91. The second kappa shape index (κ2) is 3.90. The zero-order valence-electron chi connectivity index (χ0n) is 7.28. The van der Waals surface area contributed by atoms with Crippen LogP contribution in [0.15, 0.2) is 12.3 Å². The predicted molar refractivity (Wildman–Crippen MR) is 43.8 cm³/mol. The number of carbonyl (C=O) groups excluding carboxylic acids is 1. The van der Waals surface area contributed by atoms with E-state index < -0.39 is 0 Å². The van der Waals surface area contributed by atoms with E-state index in [1.54, 1.807) is 24.0 Å². The maximum Gasteiger partial charge on any atom is 0.358 e. The molecule has 0 spiro atoms. The lowest BCUT2D eigenvalue weighted by molar-refractivity contribution is 0.0497. The van der Waals surface area contributed by atoms with Gasteiger partial charge in [0.2, 0.25) is 0 Å². The molecule has 0 unspecified atom stereocenters. The molecule has 0 aromatic carbocycles. The first kappa shape index (κ1) is 8.77. The van der Waals surface area contributed by atoms with E-state index >= 15 is 0 Å². The Kier molecular flexibility index (Phi) is 2.85. The van der Waals surface area contributed by atoms with Gasteiger partial charge < -0.3 is 4.74 Å². The zero-order chi connectivity index (χ0) is 8.97. The second-order valence-corrected chi connectivity index (χ2v) is 2.51. The third kappa shape index (κ3) is 2.08. The molecule has 0 radical (unpaired) electrons. The molecule has 0 aliphatic rings. The summed E-state index contributed by atoms with van der Waals surface area (Å²) in [5, 5.41) is 3.91. The smallest absolute Gasteiger partial charge is 0.358 e. The van der Waals surface area contributed by atoms with Crippen LogP contribution in [-0.4, -0.2) is 22.4 Å². The molecule has 1 rings (SSSR count). The summed E-state index contributed by atoms with van der Waals surface area (Å²) in [4.78, 5) is 11.1. The molecule has 0 fully saturated rings. The maximum absolute atomic E-state index is 11.1. The number of hydrogen-bond acceptors (Lipinski definition) is 3. The molecule has 0 saturated carbocycles. The molecule has 0 aliphatic carbocycles. The maximum atomic E-state index is 11.1. The van der Waals surface area contributed by atoms with Gasteiger partial charge in [0, 0.05) is 13.2 Å². The average molecular weight is 168 g/mol. The Bertz CT molecular complexity index is 268. The van der Waals surface area contributed by atoms with Crippen LogP contribution in [0.1, 0.15) is 23.8 Å². The number of hydrogen-bond donors (Lipinski definition) is 0. The van der Waals surface area contributed by atoms with E-state index in [1.165, 1.54) is 0 Å². The van der Waals surface area contributed by atoms with Crippen molar-refractivity contribution in [2.75, 3.05) is 6.61 Å². The summed E-state index contributed by atoms with van der Waals surface area (Å²) in [5.41, 5.74) is 0.367. The summed E-state index contributed by atoms with van der Waals surface area (Å²) in [7, 11) is 1.76. The molecule has 1 aromatic rings. The van der Waals surface area contributed by atoms with E-state index in [9.17, 15) is 4.79 Å². The predicted octanol–water partition coefficient (Wildman–Crippen LogP) is 0.987. The van der Waals surface area contributed by atoms with Gasteiger partial charge in [0.25, 0.3) is 0 Å². The zero-order valence-corrected chi connectivity index (χ0v) is 7.28. The Morgan fingerprint density at radius 2 is 2.50 bits per heavy atom. The Morgan fingerprint density at radius 3 is 3.00 bits per heavy atom. The second-order valence-electron chi connectivity index (χ2n) is 2.51. The highest BCUT2D eigenvalue weighted by molar-refractivity contribution is 5.86. The van der Waals surface area contributed by atoms with Gasteiger partial charge in [-0.15, -0.1) is 0 Å². The van der Waals surface area contributed by atoms with Crippen molar-refractivity contribution in [2.45, 2.75) is 13.3 Å². The van der Waals surface area contributed by atoms with E-state index in [0.29, 0.717) is 12.3 Å². The van der Waals surface area contributed by atoms with Crippen molar-refractivity contribution in [3.63, 3.8) is 0 Å². The van der Waals surface area contributed by atoms with E-state index in [0.717, 1.165) is 6.42 Å². The first-order chi connectivity index (χ1) is 5.74. The highest BCUT2D eigenvalue weighted by atomic mass is 16.5. The van der Waals surface area contributed by atoms with Gasteiger partial charge in [0.15, 0.2) is 5.69 Å². The van der Waals surface area contributed by atoms with Crippen molar-refractivity contribution in [1.82, 2.24) is 9.78 Å². The molecule has 0 atom stereocenters. The molecule has 4 nitrogen and oxygen atoms in total. The number of esters is 1. The summed E-state index contributed by atoms with van der Waals surface area (Å²) < 4.78 is 6.45. The van der Waals surface area contributed by atoms with Gasteiger partial charge in [-0.25, -0.2) is 4.79 Å².